The summed E-state index contributed by atoms with van der Waals surface area (Å²) in [4.78, 5) is 28.7. The molecule has 34 heavy (non-hydrogen) atoms. The van der Waals surface area contributed by atoms with Gasteiger partial charge in [0.2, 0.25) is 5.88 Å². The first-order valence-corrected chi connectivity index (χ1v) is 12.1. The van der Waals surface area contributed by atoms with Gasteiger partial charge < -0.3 is 9.64 Å². The molecule has 4 rings (SSSR count). The Hall–Kier alpha value is -3.12. The van der Waals surface area contributed by atoms with E-state index < -0.39 is 5.41 Å². The second-order valence-electron chi connectivity index (χ2n) is 8.86. The van der Waals surface area contributed by atoms with Crippen molar-refractivity contribution in [2.24, 2.45) is 7.05 Å². The Balaban J connectivity index is 1.58. The van der Waals surface area contributed by atoms with Gasteiger partial charge >= 0.3 is 0 Å². The molecule has 7 heteroatoms. The van der Waals surface area contributed by atoms with Gasteiger partial charge in [0.1, 0.15) is 17.1 Å². The van der Waals surface area contributed by atoms with Crippen LogP contribution in [0.4, 0.5) is 0 Å². The molecule has 0 aliphatic carbocycles. The summed E-state index contributed by atoms with van der Waals surface area (Å²) in [5, 5.41) is 4.98. The molecule has 6 nitrogen and oxygen atoms in total. The molecule has 3 aromatic rings. The van der Waals surface area contributed by atoms with Crippen LogP contribution in [0.25, 0.3) is 0 Å². The molecule has 0 saturated carbocycles. The largest absolute Gasteiger partial charge is 0.438 e. The lowest BCUT2D eigenvalue weighted by atomic mass is 9.68. The fourth-order valence-electron chi connectivity index (χ4n) is 4.84. The number of rotatable bonds is 7. The lowest BCUT2D eigenvalue weighted by Crippen LogP contribution is -2.49. The monoisotopic (exact) mass is 479 g/mol. The molecule has 0 bridgehead atoms. The smallest absolute Gasteiger partial charge is 0.261 e. The Morgan fingerprint density at radius 2 is 1.79 bits per heavy atom. The maximum absolute atomic E-state index is 13.6. The Morgan fingerprint density at radius 3 is 2.44 bits per heavy atom. The highest BCUT2D eigenvalue weighted by atomic mass is 35.5. The van der Waals surface area contributed by atoms with E-state index in [1.54, 1.807) is 42.9 Å². The van der Waals surface area contributed by atoms with Crippen molar-refractivity contribution in [3.05, 3.63) is 76.4 Å². The zero-order valence-corrected chi connectivity index (χ0v) is 20.6. The van der Waals surface area contributed by atoms with E-state index in [9.17, 15) is 9.59 Å². The third-order valence-electron chi connectivity index (χ3n) is 6.64. The Labute approximate surface area is 205 Å². The molecule has 2 heterocycles. The molecule has 2 aromatic carbocycles. The maximum atomic E-state index is 13.6. The number of Topliss-reactive ketones (excluding diaryl/α,β-unsaturated/α-hetero) is 1. The summed E-state index contributed by atoms with van der Waals surface area (Å²) >= 11 is 6.10. The van der Waals surface area contributed by atoms with Gasteiger partial charge in [-0.25, -0.2) is 4.68 Å². The van der Waals surface area contributed by atoms with E-state index >= 15 is 0 Å². The van der Waals surface area contributed by atoms with Crippen LogP contribution < -0.4 is 4.74 Å². The van der Waals surface area contributed by atoms with E-state index in [1.165, 1.54) is 0 Å². The number of halogens is 1. The van der Waals surface area contributed by atoms with Crippen molar-refractivity contribution < 1.29 is 14.3 Å². The number of carbonyl (C=O) groups excluding carboxylic acids is 2. The summed E-state index contributed by atoms with van der Waals surface area (Å²) in [6.45, 7) is 4.82. The van der Waals surface area contributed by atoms with Crippen LogP contribution in [0.3, 0.4) is 0 Å². The number of hydrogen-bond acceptors (Lipinski definition) is 4. The number of aryl methyl sites for hydroxylation is 2. The van der Waals surface area contributed by atoms with Gasteiger partial charge in [-0.05, 0) is 49.9 Å². The van der Waals surface area contributed by atoms with Gasteiger partial charge in [-0.1, -0.05) is 54.9 Å². The van der Waals surface area contributed by atoms with E-state index in [1.807, 2.05) is 42.2 Å². The summed E-state index contributed by atoms with van der Waals surface area (Å²) in [5.41, 5.74) is 1.54. The number of hydrogen-bond donors (Lipinski definition) is 0. The minimum absolute atomic E-state index is 0.132. The highest BCUT2D eigenvalue weighted by molar-refractivity contribution is 6.30. The standard InChI is InChI=1S/C27H30ClN3O3/c1-4-9-23(32)27(20-10-6-5-7-11-20)14-16-31(17-15-27)25(33)24-19(2)29-30(3)26(24)34-22-13-8-12-21(28)18-22/h5-8,10-13,18H,4,9,14-17H2,1-3H3. The molecule has 1 saturated heterocycles. The first kappa shape index (κ1) is 24.0. The first-order chi connectivity index (χ1) is 16.4. The van der Waals surface area contributed by atoms with Crippen molar-refractivity contribution in [2.75, 3.05) is 13.1 Å². The van der Waals surface area contributed by atoms with Crippen molar-refractivity contribution >= 4 is 23.3 Å². The normalized spacial score (nSPS) is 15.2. The van der Waals surface area contributed by atoms with Crippen molar-refractivity contribution in [3.8, 4) is 11.6 Å². The molecule has 0 spiro atoms. The van der Waals surface area contributed by atoms with Crippen molar-refractivity contribution in [1.29, 1.82) is 0 Å². The van der Waals surface area contributed by atoms with Crippen LogP contribution in [0.2, 0.25) is 5.02 Å². The fraction of sp³-hybridized carbons (Fsp3) is 0.370. The summed E-state index contributed by atoms with van der Waals surface area (Å²) in [5.74, 6) is 1.05. The second kappa shape index (κ2) is 10.0. The number of likely N-dealkylation sites (tertiary alicyclic amines) is 1. The van der Waals surface area contributed by atoms with E-state index in [4.69, 9.17) is 16.3 Å². The average Bonchev–Trinajstić information content (AvgIpc) is 3.11. The number of ketones is 1. The first-order valence-electron chi connectivity index (χ1n) is 11.7. The van der Waals surface area contributed by atoms with Gasteiger partial charge in [-0.3, -0.25) is 9.59 Å². The zero-order valence-electron chi connectivity index (χ0n) is 19.9. The summed E-state index contributed by atoms with van der Waals surface area (Å²) in [6.07, 6.45) is 2.56. The number of nitrogens with zero attached hydrogens (tertiary/aromatic N) is 3. The number of aromatic nitrogens is 2. The van der Waals surface area contributed by atoms with Crippen molar-refractivity contribution in [3.63, 3.8) is 0 Å². The van der Waals surface area contributed by atoms with Gasteiger partial charge in [0.15, 0.2) is 0 Å². The van der Waals surface area contributed by atoms with Gasteiger partial charge in [-0.2, -0.15) is 5.10 Å². The summed E-state index contributed by atoms with van der Waals surface area (Å²) in [7, 11) is 1.75. The minimum atomic E-state index is -0.544. The van der Waals surface area contributed by atoms with Crippen LogP contribution in [-0.4, -0.2) is 39.5 Å². The lowest BCUT2D eigenvalue weighted by Gasteiger charge is -2.41. The molecule has 1 aliphatic heterocycles. The highest BCUT2D eigenvalue weighted by Gasteiger charge is 2.43. The number of piperidine rings is 1. The quantitative estimate of drug-likeness (QED) is 0.435. The molecule has 1 fully saturated rings. The van der Waals surface area contributed by atoms with Crippen molar-refractivity contribution in [1.82, 2.24) is 14.7 Å². The molecule has 1 aliphatic rings. The molecular formula is C27H30ClN3O3. The van der Waals surface area contributed by atoms with Crippen molar-refractivity contribution in [2.45, 2.75) is 44.9 Å². The van der Waals surface area contributed by atoms with Crippen LogP contribution in [0, 0.1) is 6.92 Å². The lowest BCUT2D eigenvalue weighted by molar-refractivity contribution is -0.126. The van der Waals surface area contributed by atoms with Gasteiger partial charge in [-0.15, -0.1) is 0 Å². The van der Waals surface area contributed by atoms with Gasteiger partial charge in [0.25, 0.3) is 5.91 Å². The average molecular weight is 480 g/mol. The predicted octanol–water partition coefficient (Wildman–Crippen LogP) is 5.72. The summed E-state index contributed by atoms with van der Waals surface area (Å²) in [6, 6.07) is 17.0. The van der Waals surface area contributed by atoms with E-state index in [-0.39, 0.29) is 11.7 Å². The number of carbonyl (C=O) groups is 2. The SMILES string of the molecule is CCCC(=O)C1(c2ccccc2)CCN(C(=O)c2c(C)nn(C)c2Oc2cccc(Cl)c2)CC1. The molecule has 0 N–H and O–H groups in total. The Bertz CT molecular complexity index is 1180. The van der Waals surface area contributed by atoms with E-state index in [0.717, 1.165) is 12.0 Å². The third-order valence-corrected chi connectivity index (χ3v) is 6.87. The van der Waals surface area contributed by atoms with Gasteiger partial charge in [0.05, 0.1) is 11.1 Å². The minimum Gasteiger partial charge on any atom is -0.438 e. The van der Waals surface area contributed by atoms with Crippen LogP contribution in [0.15, 0.2) is 54.6 Å². The van der Waals surface area contributed by atoms with Gasteiger partial charge in [0, 0.05) is 31.6 Å². The summed E-state index contributed by atoms with van der Waals surface area (Å²) < 4.78 is 7.62. The molecule has 0 radical (unpaired) electrons. The Morgan fingerprint density at radius 1 is 1.09 bits per heavy atom. The molecule has 0 atom stereocenters. The maximum Gasteiger partial charge on any atom is 0.261 e. The van der Waals surface area contributed by atoms with E-state index in [2.05, 4.69) is 5.10 Å². The van der Waals surface area contributed by atoms with Crippen LogP contribution >= 0.6 is 11.6 Å². The molecular weight excluding hydrogens is 450 g/mol. The Kier molecular flexibility index (Phi) is 7.08. The highest BCUT2D eigenvalue weighted by Crippen LogP contribution is 2.39. The predicted molar refractivity (Wildman–Crippen MR) is 133 cm³/mol. The number of ether oxygens (including phenoxy) is 1. The fourth-order valence-corrected chi connectivity index (χ4v) is 5.02. The molecule has 178 valence electrons. The van der Waals surface area contributed by atoms with Crippen LogP contribution in [0.1, 0.15) is 54.2 Å². The molecule has 0 unspecified atom stereocenters. The zero-order chi connectivity index (χ0) is 24.3. The van der Waals surface area contributed by atoms with E-state index in [0.29, 0.717) is 60.3 Å². The molecule has 1 aromatic heterocycles. The van der Waals surface area contributed by atoms with Crippen LogP contribution in [-0.2, 0) is 17.3 Å². The van der Waals surface area contributed by atoms with Crippen LogP contribution in [0.5, 0.6) is 11.6 Å². The second-order valence-corrected chi connectivity index (χ2v) is 9.30. The number of benzene rings is 2. The third kappa shape index (κ3) is 4.60. The number of amides is 1. The molecule has 1 amide bonds. The topological polar surface area (TPSA) is 64.4 Å².